The molecule has 2 aromatic rings. The Morgan fingerprint density at radius 3 is 2.68 bits per heavy atom. The van der Waals surface area contributed by atoms with Gasteiger partial charge in [0.2, 0.25) is 0 Å². The van der Waals surface area contributed by atoms with Crippen LogP contribution in [0.4, 0.5) is 0 Å². The van der Waals surface area contributed by atoms with Crippen molar-refractivity contribution in [2.24, 2.45) is 0 Å². The lowest BCUT2D eigenvalue weighted by Gasteiger charge is -2.04. The quantitative estimate of drug-likeness (QED) is 0.772. The molecule has 0 amide bonds. The minimum absolute atomic E-state index is 0.0898. The van der Waals surface area contributed by atoms with Gasteiger partial charge in [-0.1, -0.05) is 44.2 Å². The molecule has 0 spiro atoms. The molecule has 0 atom stereocenters. The molecule has 0 aliphatic rings. The average Bonchev–Trinajstić information content (AvgIpc) is 2.86. The molecule has 5 heteroatoms. The summed E-state index contributed by atoms with van der Waals surface area (Å²) in [4.78, 5) is 15.8. The maximum atomic E-state index is 11.7. The van der Waals surface area contributed by atoms with Crippen LogP contribution in [0.3, 0.4) is 0 Å². The van der Waals surface area contributed by atoms with Gasteiger partial charge in [0.05, 0.1) is 0 Å². The average molecular weight is 259 g/mol. The van der Waals surface area contributed by atoms with E-state index in [4.69, 9.17) is 4.74 Å². The number of aromatic nitrogens is 3. The summed E-state index contributed by atoms with van der Waals surface area (Å²) in [6.07, 6.45) is 1.55. The molecule has 0 N–H and O–H groups in total. The summed E-state index contributed by atoms with van der Waals surface area (Å²) in [7, 11) is 0. The molecular formula is C14H17N3O2. The number of rotatable bonds is 5. The highest BCUT2D eigenvalue weighted by Crippen LogP contribution is 2.07. The van der Waals surface area contributed by atoms with Gasteiger partial charge in [-0.05, 0) is 5.56 Å². The van der Waals surface area contributed by atoms with Crippen LogP contribution in [-0.2, 0) is 22.7 Å². The van der Waals surface area contributed by atoms with Gasteiger partial charge in [0.1, 0.15) is 19.5 Å². The third kappa shape index (κ3) is 3.91. The molecule has 0 unspecified atom stereocenters. The van der Waals surface area contributed by atoms with E-state index in [1.165, 1.54) is 4.68 Å². The van der Waals surface area contributed by atoms with E-state index in [1.54, 1.807) is 6.33 Å². The second-order valence-electron chi connectivity index (χ2n) is 4.60. The summed E-state index contributed by atoms with van der Waals surface area (Å²) >= 11 is 0. The third-order valence-corrected chi connectivity index (χ3v) is 2.60. The summed E-state index contributed by atoms with van der Waals surface area (Å²) in [5.41, 5.74) is 0.970. The van der Waals surface area contributed by atoms with Crippen LogP contribution in [0.15, 0.2) is 36.7 Å². The number of nitrogens with zero attached hydrogens (tertiary/aromatic N) is 3. The fraction of sp³-hybridized carbons (Fsp3) is 0.357. The van der Waals surface area contributed by atoms with E-state index >= 15 is 0 Å². The zero-order chi connectivity index (χ0) is 13.7. The number of carbonyl (C=O) groups excluding carboxylic acids is 1. The van der Waals surface area contributed by atoms with Crippen LogP contribution in [0.25, 0.3) is 0 Å². The summed E-state index contributed by atoms with van der Waals surface area (Å²) in [5.74, 6) is 0.668. The SMILES string of the molecule is CC(C)c1ncn(CC(=O)OCc2ccccc2)n1. The molecule has 2 rings (SSSR count). The maximum absolute atomic E-state index is 11.7. The Bertz CT molecular complexity index is 535. The van der Waals surface area contributed by atoms with Crippen LogP contribution < -0.4 is 0 Å². The maximum Gasteiger partial charge on any atom is 0.328 e. The number of hydrogen-bond donors (Lipinski definition) is 0. The molecule has 1 aromatic heterocycles. The first-order valence-electron chi connectivity index (χ1n) is 6.24. The van der Waals surface area contributed by atoms with Crippen molar-refractivity contribution in [3.8, 4) is 0 Å². The van der Waals surface area contributed by atoms with E-state index < -0.39 is 0 Å². The minimum atomic E-state index is -0.316. The number of esters is 1. The Morgan fingerprint density at radius 2 is 2.05 bits per heavy atom. The number of benzene rings is 1. The molecular weight excluding hydrogens is 242 g/mol. The highest BCUT2D eigenvalue weighted by molar-refractivity contribution is 5.69. The fourth-order valence-electron chi connectivity index (χ4n) is 1.57. The van der Waals surface area contributed by atoms with E-state index in [9.17, 15) is 4.79 Å². The molecule has 0 aliphatic heterocycles. The van der Waals surface area contributed by atoms with E-state index in [0.29, 0.717) is 0 Å². The number of carbonyl (C=O) groups is 1. The number of hydrogen-bond acceptors (Lipinski definition) is 4. The first kappa shape index (κ1) is 13.3. The first-order valence-corrected chi connectivity index (χ1v) is 6.24. The smallest absolute Gasteiger partial charge is 0.328 e. The van der Waals surface area contributed by atoms with Crippen molar-refractivity contribution in [1.82, 2.24) is 14.8 Å². The van der Waals surface area contributed by atoms with Crippen molar-refractivity contribution in [1.29, 1.82) is 0 Å². The van der Waals surface area contributed by atoms with Crippen molar-refractivity contribution in [2.75, 3.05) is 0 Å². The molecule has 1 aromatic carbocycles. The number of ether oxygens (including phenoxy) is 1. The zero-order valence-corrected chi connectivity index (χ0v) is 11.1. The predicted octanol–water partition coefficient (Wildman–Crippen LogP) is 2.14. The second kappa shape index (κ2) is 6.13. The molecule has 0 saturated carbocycles. The Labute approximate surface area is 112 Å². The van der Waals surface area contributed by atoms with E-state index in [0.717, 1.165) is 11.4 Å². The summed E-state index contributed by atoms with van der Waals surface area (Å²) < 4.78 is 6.68. The van der Waals surface area contributed by atoms with Gasteiger partial charge in [0.25, 0.3) is 0 Å². The second-order valence-corrected chi connectivity index (χ2v) is 4.60. The molecule has 19 heavy (non-hydrogen) atoms. The van der Waals surface area contributed by atoms with Gasteiger partial charge in [-0.3, -0.25) is 4.79 Å². The van der Waals surface area contributed by atoms with Crippen LogP contribution >= 0.6 is 0 Å². The monoisotopic (exact) mass is 259 g/mol. The van der Waals surface area contributed by atoms with Crippen molar-refractivity contribution in [3.63, 3.8) is 0 Å². The van der Waals surface area contributed by atoms with Crippen LogP contribution in [0, 0.1) is 0 Å². The molecule has 0 saturated heterocycles. The molecule has 0 aliphatic carbocycles. The lowest BCUT2D eigenvalue weighted by Crippen LogP contribution is -2.14. The zero-order valence-electron chi connectivity index (χ0n) is 11.1. The Kier molecular flexibility index (Phi) is 4.28. The standard InChI is InChI=1S/C14H17N3O2/c1-11(2)14-15-10-17(16-14)8-13(18)19-9-12-6-4-3-5-7-12/h3-7,10-11H,8-9H2,1-2H3. The van der Waals surface area contributed by atoms with Gasteiger partial charge in [-0.25, -0.2) is 9.67 Å². The third-order valence-electron chi connectivity index (χ3n) is 2.60. The highest BCUT2D eigenvalue weighted by Gasteiger charge is 2.09. The van der Waals surface area contributed by atoms with Gasteiger partial charge in [0.15, 0.2) is 5.82 Å². The van der Waals surface area contributed by atoms with Gasteiger partial charge in [-0.15, -0.1) is 0 Å². The van der Waals surface area contributed by atoms with E-state index in [1.807, 2.05) is 44.2 Å². The molecule has 100 valence electrons. The van der Waals surface area contributed by atoms with Crippen molar-refractivity contribution in [3.05, 3.63) is 48.0 Å². The summed E-state index contributed by atoms with van der Waals surface area (Å²) in [6.45, 7) is 4.39. The van der Waals surface area contributed by atoms with Crippen LogP contribution in [0.2, 0.25) is 0 Å². The molecule has 0 radical (unpaired) electrons. The minimum Gasteiger partial charge on any atom is -0.459 e. The highest BCUT2D eigenvalue weighted by atomic mass is 16.5. The molecule has 1 heterocycles. The van der Waals surface area contributed by atoms with Gasteiger partial charge in [-0.2, -0.15) is 5.10 Å². The Hall–Kier alpha value is -2.17. The fourth-order valence-corrected chi connectivity index (χ4v) is 1.57. The molecule has 0 fully saturated rings. The van der Waals surface area contributed by atoms with E-state index in [2.05, 4.69) is 10.1 Å². The van der Waals surface area contributed by atoms with E-state index in [-0.39, 0.29) is 25.0 Å². The molecule has 0 bridgehead atoms. The predicted molar refractivity (Wildman–Crippen MR) is 70.3 cm³/mol. The Balaban J connectivity index is 1.84. The van der Waals surface area contributed by atoms with Crippen molar-refractivity contribution >= 4 is 5.97 Å². The van der Waals surface area contributed by atoms with Crippen LogP contribution in [0.1, 0.15) is 31.2 Å². The summed E-state index contributed by atoms with van der Waals surface area (Å²) in [6, 6.07) is 9.58. The topological polar surface area (TPSA) is 57.0 Å². The van der Waals surface area contributed by atoms with Crippen LogP contribution in [0.5, 0.6) is 0 Å². The van der Waals surface area contributed by atoms with Gasteiger partial charge < -0.3 is 4.74 Å². The van der Waals surface area contributed by atoms with Crippen molar-refractivity contribution in [2.45, 2.75) is 32.9 Å². The largest absolute Gasteiger partial charge is 0.459 e. The Morgan fingerprint density at radius 1 is 1.32 bits per heavy atom. The van der Waals surface area contributed by atoms with Gasteiger partial charge in [0, 0.05) is 5.92 Å². The van der Waals surface area contributed by atoms with Crippen LogP contribution in [-0.4, -0.2) is 20.7 Å². The normalized spacial score (nSPS) is 10.7. The molecule has 5 nitrogen and oxygen atoms in total. The lowest BCUT2D eigenvalue weighted by atomic mass is 10.2. The van der Waals surface area contributed by atoms with Crippen molar-refractivity contribution < 1.29 is 9.53 Å². The van der Waals surface area contributed by atoms with Gasteiger partial charge >= 0.3 is 5.97 Å². The lowest BCUT2D eigenvalue weighted by molar-refractivity contribution is -0.145. The first-order chi connectivity index (χ1) is 9.15. The summed E-state index contributed by atoms with van der Waals surface area (Å²) in [5, 5.41) is 4.21.